The number of hydrogen-bond acceptors (Lipinski definition) is 3. The molecule has 2 fully saturated rings. The van der Waals surface area contributed by atoms with E-state index in [4.69, 9.17) is 4.74 Å². The normalized spacial score (nSPS) is 26.8. The van der Waals surface area contributed by atoms with E-state index in [0.29, 0.717) is 17.8 Å². The van der Waals surface area contributed by atoms with Crippen LogP contribution in [0.2, 0.25) is 0 Å². The second-order valence-corrected chi connectivity index (χ2v) is 4.84. The molecular weight excluding hydrogens is 230 g/mol. The zero-order valence-corrected chi connectivity index (χ0v) is 10.2. The third-order valence-corrected chi connectivity index (χ3v) is 3.67. The molecular formula is C13H17N3O2. The van der Waals surface area contributed by atoms with Gasteiger partial charge in [-0.15, -0.1) is 0 Å². The van der Waals surface area contributed by atoms with Crippen molar-refractivity contribution in [3.8, 4) is 0 Å². The standard InChI is InChI=1S/C13H17N3O2/c17-13(15-12-3-1-2-6-14-12)16-7-4-11-10(9-16)5-8-18-11/h1-3,6,10-11H,4-5,7-9H2,(H,14,15,17)/t10-,11+/m1/s1. The van der Waals surface area contributed by atoms with Gasteiger partial charge in [0, 0.05) is 31.8 Å². The number of nitrogens with one attached hydrogen (secondary N) is 1. The molecule has 0 aromatic carbocycles. The molecule has 0 bridgehead atoms. The number of nitrogens with zero attached hydrogens (tertiary/aromatic N) is 2. The van der Waals surface area contributed by atoms with Crippen molar-refractivity contribution >= 4 is 11.8 Å². The number of urea groups is 1. The first-order chi connectivity index (χ1) is 8.83. The number of fused-ring (bicyclic) bond motifs is 1. The van der Waals surface area contributed by atoms with Gasteiger partial charge >= 0.3 is 6.03 Å². The van der Waals surface area contributed by atoms with E-state index in [2.05, 4.69) is 10.3 Å². The molecule has 5 nitrogen and oxygen atoms in total. The zero-order valence-electron chi connectivity index (χ0n) is 10.2. The molecule has 2 atom stereocenters. The molecule has 1 aromatic heterocycles. The van der Waals surface area contributed by atoms with Gasteiger partial charge in [-0.05, 0) is 25.0 Å². The molecule has 96 valence electrons. The van der Waals surface area contributed by atoms with Crippen LogP contribution in [0, 0.1) is 5.92 Å². The van der Waals surface area contributed by atoms with Crippen LogP contribution in [-0.4, -0.2) is 41.7 Å². The van der Waals surface area contributed by atoms with Crippen LogP contribution in [0.1, 0.15) is 12.8 Å². The van der Waals surface area contributed by atoms with Crippen molar-refractivity contribution in [2.45, 2.75) is 18.9 Å². The molecule has 5 heteroatoms. The van der Waals surface area contributed by atoms with Crippen LogP contribution >= 0.6 is 0 Å². The number of ether oxygens (including phenoxy) is 1. The summed E-state index contributed by atoms with van der Waals surface area (Å²) in [4.78, 5) is 18.1. The lowest BCUT2D eigenvalue weighted by atomic mass is 9.94. The number of rotatable bonds is 1. The van der Waals surface area contributed by atoms with Crippen molar-refractivity contribution in [1.82, 2.24) is 9.88 Å². The lowest BCUT2D eigenvalue weighted by molar-refractivity contribution is 0.0469. The maximum Gasteiger partial charge on any atom is 0.323 e. The van der Waals surface area contributed by atoms with E-state index < -0.39 is 0 Å². The van der Waals surface area contributed by atoms with Gasteiger partial charge in [-0.25, -0.2) is 9.78 Å². The van der Waals surface area contributed by atoms with Gasteiger partial charge in [0.25, 0.3) is 0 Å². The minimum absolute atomic E-state index is 0.0564. The number of anilines is 1. The largest absolute Gasteiger partial charge is 0.378 e. The summed E-state index contributed by atoms with van der Waals surface area (Å²) in [6, 6.07) is 5.43. The number of aromatic nitrogens is 1. The highest BCUT2D eigenvalue weighted by atomic mass is 16.5. The highest BCUT2D eigenvalue weighted by Gasteiger charge is 2.35. The molecule has 1 aromatic rings. The number of pyridine rings is 1. The highest BCUT2D eigenvalue weighted by molar-refractivity contribution is 5.88. The van der Waals surface area contributed by atoms with E-state index in [1.165, 1.54) is 0 Å². The van der Waals surface area contributed by atoms with Crippen molar-refractivity contribution in [3.05, 3.63) is 24.4 Å². The number of hydrogen-bond donors (Lipinski definition) is 1. The molecule has 2 amide bonds. The summed E-state index contributed by atoms with van der Waals surface area (Å²) >= 11 is 0. The van der Waals surface area contributed by atoms with Gasteiger partial charge in [0.15, 0.2) is 0 Å². The lowest BCUT2D eigenvalue weighted by Crippen LogP contribution is -2.46. The summed E-state index contributed by atoms with van der Waals surface area (Å²) in [5.41, 5.74) is 0. The summed E-state index contributed by atoms with van der Waals surface area (Å²) in [7, 11) is 0. The molecule has 3 rings (SSSR count). The summed E-state index contributed by atoms with van der Waals surface area (Å²) < 4.78 is 5.63. The summed E-state index contributed by atoms with van der Waals surface area (Å²) in [5.74, 6) is 1.11. The van der Waals surface area contributed by atoms with Crippen LogP contribution in [0.3, 0.4) is 0 Å². The van der Waals surface area contributed by atoms with E-state index in [9.17, 15) is 4.79 Å². The van der Waals surface area contributed by atoms with Crippen LogP contribution in [0.4, 0.5) is 10.6 Å². The lowest BCUT2D eigenvalue weighted by Gasteiger charge is -2.33. The van der Waals surface area contributed by atoms with Crippen molar-refractivity contribution in [2.75, 3.05) is 25.0 Å². The smallest absolute Gasteiger partial charge is 0.323 e. The number of piperidine rings is 1. The van der Waals surface area contributed by atoms with Crippen molar-refractivity contribution in [2.24, 2.45) is 5.92 Å². The Morgan fingerprint density at radius 3 is 3.22 bits per heavy atom. The van der Waals surface area contributed by atoms with Crippen molar-refractivity contribution in [3.63, 3.8) is 0 Å². The average Bonchev–Trinajstić information content (AvgIpc) is 2.87. The van der Waals surface area contributed by atoms with Gasteiger partial charge in [0.05, 0.1) is 6.10 Å². The third kappa shape index (κ3) is 2.31. The SMILES string of the molecule is O=C(Nc1ccccn1)N1CC[C@@H]2OCC[C@@H]2C1. The first-order valence-corrected chi connectivity index (χ1v) is 6.41. The number of carbonyl (C=O) groups excluding carboxylic acids is 1. The van der Waals surface area contributed by atoms with E-state index in [0.717, 1.165) is 32.5 Å². The maximum absolute atomic E-state index is 12.1. The fourth-order valence-corrected chi connectivity index (χ4v) is 2.69. The summed E-state index contributed by atoms with van der Waals surface area (Å²) in [6.07, 6.45) is 4.05. The Bertz CT molecular complexity index is 424. The second kappa shape index (κ2) is 4.94. The van der Waals surface area contributed by atoms with E-state index >= 15 is 0 Å². The minimum Gasteiger partial charge on any atom is -0.378 e. The third-order valence-electron chi connectivity index (χ3n) is 3.67. The molecule has 0 aliphatic carbocycles. The first-order valence-electron chi connectivity index (χ1n) is 6.41. The number of likely N-dealkylation sites (tertiary alicyclic amines) is 1. The van der Waals surface area contributed by atoms with Crippen molar-refractivity contribution in [1.29, 1.82) is 0 Å². The molecule has 2 aliphatic rings. The summed E-state index contributed by atoms with van der Waals surface area (Å²) in [5, 5.41) is 2.83. The highest BCUT2D eigenvalue weighted by Crippen LogP contribution is 2.28. The fraction of sp³-hybridized carbons (Fsp3) is 0.538. The second-order valence-electron chi connectivity index (χ2n) is 4.84. The van der Waals surface area contributed by atoms with Crippen LogP contribution in [0.5, 0.6) is 0 Å². The molecule has 3 heterocycles. The Balaban J connectivity index is 1.60. The van der Waals surface area contributed by atoms with Gasteiger partial charge in [-0.1, -0.05) is 6.07 Å². The number of amides is 2. The monoisotopic (exact) mass is 247 g/mol. The molecule has 0 spiro atoms. The van der Waals surface area contributed by atoms with Crippen LogP contribution in [0.15, 0.2) is 24.4 Å². The van der Waals surface area contributed by atoms with Gasteiger partial charge in [-0.3, -0.25) is 5.32 Å². The van der Waals surface area contributed by atoms with Crippen molar-refractivity contribution < 1.29 is 9.53 Å². The Morgan fingerprint density at radius 1 is 1.44 bits per heavy atom. The van der Waals surface area contributed by atoms with Crippen LogP contribution in [0.25, 0.3) is 0 Å². The molecule has 2 saturated heterocycles. The average molecular weight is 247 g/mol. The van der Waals surface area contributed by atoms with E-state index in [1.807, 2.05) is 17.0 Å². The van der Waals surface area contributed by atoms with E-state index in [-0.39, 0.29) is 6.03 Å². The van der Waals surface area contributed by atoms with Crippen LogP contribution < -0.4 is 5.32 Å². The molecule has 0 radical (unpaired) electrons. The predicted octanol–water partition coefficient (Wildman–Crippen LogP) is 1.72. The zero-order chi connectivity index (χ0) is 12.4. The maximum atomic E-state index is 12.1. The van der Waals surface area contributed by atoms with Crippen LogP contribution in [-0.2, 0) is 4.74 Å². The molecule has 1 N–H and O–H groups in total. The molecule has 0 unspecified atom stereocenters. The Labute approximate surface area is 106 Å². The molecule has 0 saturated carbocycles. The molecule has 2 aliphatic heterocycles. The van der Waals surface area contributed by atoms with Gasteiger partial charge < -0.3 is 9.64 Å². The van der Waals surface area contributed by atoms with E-state index in [1.54, 1.807) is 12.3 Å². The topological polar surface area (TPSA) is 54.5 Å². The van der Waals surface area contributed by atoms with Gasteiger partial charge in [0.1, 0.15) is 5.82 Å². The predicted molar refractivity (Wildman–Crippen MR) is 67.3 cm³/mol. The fourth-order valence-electron chi connectivity index (χ4n) is 2.69. The van der Waals surface area contributed by atoms with Gasteiger partial charge in [-0.2, -0.15) is 0 Å². The summed E-state index contributed by atoms with van der Waals surface area (Å²) in [6.45, 7) is 2.40. The minimum atomic E-state index is -0.0564. The number of carbonyl (C=O) groups is 1. The Morgan fingerprint density at radius 2 is 2.39 bits per heavy atom. The Hall–Kier alpha value is -1.62. The quantitative estimate of drug-likeness (QED) is 0.822. The first kappa shape index (κ1) is 11.5. The van der Waals surface area contributed by atoms with Gasteiger partial charge in [0.2, 0.25) is 0 Å². The Kier molecular flexibility index (Phi) is 3.15. The molecule has 18 heavy (non-hydrogen) atoms.